The Labute approximate surface area is 873 Å². The number of Topliss-reactive ketones (excluding diaryl/α,β-unsaturated/α-hetero) is 1. The highest BCUT2D eigenvalue weighted by Crippen LogP contribution is 2.45. The molecular formula is C114H210F12O18Si. The predicted octanol–water partition coefficient (Wildman–Crippen LogP) is 34.4. The van der Waals surface area contributed by atoms with Gasteiger partial charge in [-0.25, -0.2) is 0 Å². The maximum absolute atomic E-state index is 12.7. The van der Waals surface area contributed by atoms with Crippen LogP contribution in [0.25, 0.3) is 0 Å². The molecule has 145 heavy (non-hydrogen) atoms. The molecule has 0 bridgehead atoms. The van der Waals surface area contributed by atoms with Crippen molar-refractivity contribution >= 4 is 61.6 Å². The summed E-state index contributed by atoms with van der Waals surface area (Å²) in [6, 6.07) is 9.25. The van der Waals surface area contributed by atoms with Crippen LogP contribution >= 0.6 is 0 Å². The minimum absolute atomic E-state index is 0.00618. The van der Waals surface area contributed by atoms with Gasteiger partial charge >= 0.3 is 72.5 Å². The summed E-state index contributed by atoms with van der Waals surface area (Å²) in [4.78, 5) is 105. The lowest BCUT2D eigenvalue weighted by molar-refractivity contribution is -0.261. The normalized spacial score (nSPS) is 15.2. The number of esters is 8. The fourth-order valence-electron chi connectivity index (χ4n) is 11.5. The Kier molecular flexibility index (Phi) is 71.0. The third kappa shape index (κ3) is 65.1. The van der Waals surface area contributed by atoms with Gasteiger partial charge in [0.1, 0.15) is 34.8 Å². The minimum atomic E-state index is -4.74. The molecule has 862 valence electrons. The van der Waals surface area contributed by atoms with E-state index in [9.17, 15) is 101 Å². The minimum Gasteiger partial charge on any atom is -0.465 e. The van der Waals surface area contributed by atoms with Gasteiger partial charge in [0.2, 0.25) is 0 Å². The van der Waals surface area contributed by atoms with E-state index >= 15 is 0 Å². The standard InChI is InChI=1S/C16H24O2.C14H28O2.C13H24O2.C13H26O2.C12H21F3O3.C11H19F3O.2C9H15F3O2.C9H18O2.C8H20Si/c1-7-16(5,6)14(17)18-13-10-8-12(9-11-13)15(2,3)4;1-6-9-10-12(7-2)11-16-13(15)14(4,5)8-3;1-5-12(3,4)11(14)15-13(6-2)9-7-8-10-13;1-8-13(6,7)12(14)15-11(9(2)3)10(4)5;1-6-10(3,4)9(16)18-8(2)7-11(5,17)12(13,14)15;1-6-10(5,11(12,13)14)8(15)7-9(2,3)4;2*1-5-8(3,4)7(13)14-6(2)9(10,11)12;1-6-9(4,5)8(10)11-7(2)3;1-6-8(2)7-9(3,4)5/h8-11H,7H2,1-6H3;12H,6-11H2,1-5H3;5-10H2,1-4H3;9-11H,8H2,1-7H3;8,17H,6-7H2,1-5H3;6-7H2,1-5H3;2*6H,5H2,1-4H3;7H,6H2,1-5H3;8H,6-7H2,1-5H3. The molecule has 7 unspecified atom stereocenters. The van der Waals surface area contributed by atoms with E-state index in [0.29, 0.717) is 56.3 Å². The molecule has 2 rings (SSSR count). The number of alkyl halides is 12. The molecule has 1 fully saturated rings. The van der Waals surface area contributed by atoms with Gasteiger partial charge in [-0.05, 0) is 308 Å². The fourth-order valence-corrected chi connectivity index (χ4v) is 13.9. The van der Waals surface area contributed by atoms with Crippen LogP contribution in [0.15, 0.2) is 24.3 Å². The molecule has 0 radical (unpaired) electrons. The summed E-state index contributed by atoms with van der Waals surface area (Å²) < 4.78 is 188. The molecule has 1 saturated carbocycles. The Balaban J connectivity index is -0.000000241. The summed E-state index contributed by atoms with van der Waals surface area (Å²) in [5.74, 6) is -0.458. The van der Waals surface area contributed by atoms with Crippen molar-refractivity contribution in [1.82, 2.24) is 0 Å². The van der Waals surface area contributed by atoms with Crippen LogP contribution in [0, 0.1) is 77.8 Å². The fraction of sp³-hybridized carbons (Fsp3) is 0.868. The van der Waals surface area contributed by atoms with E-state index in [1.807, 2.05) is 142 Å². The molecule has 0 aromatic heterocycles. The maximum Gasteiger partial charge on any atom is 0.425 e. The van der Waals surface area contributed by atoms with Crippen LogP contribution in [0.4, 0.5) is 52.7 Å². The monoisotopic (exact) mass is 2120 g/mol. The lowest BCUT2D eigenvalue weighted by atomic mass is 9.75. The number of hydrogen-bond donors (Lipinski definition) is 1. The van der Waals surface area contributed by atoms with Crippen molar-refractivity contribution in [2.45, 2.75) is 558 Å². The molecule has 1 aromatic rings. The second kappa shape index (κ2) is 66.7. The predicted molar refractivity (Wildman–Crippen MR) is 567 cm³/mol. The molecule has 31 heteroatoms. The molecule has 18 nitrogen and oxygen atoms in total. The molecule has 1 aliphatic rings. The van der Waals surface area contributed by atoms with Crippen LogP contribution in [-0.4, -0.2) is 140 Å². The topological polar surface area (TPSA) is 248 Å². The highest BCUT2D eigenvalue weighted by atomic mass is 28.3. The third-order valence-corrected chi connectivity index (χ3v) is 29.1. The van der Waals surface area contributed by atoms with Crippen LogP contribution in [0.3, 0.4) is 0 Å². The Morgan fingerprint density at radius 1 is 0.400 bits per heavy atom. The average Bonchev–Trinajstić information content (AvgIpc) is 0.867. The van der Waals surface area contributed by atoms with E-state index in [4.69, 9.17) is 28.4 Å². The van der Waals surface area contributed by atoms with Gasteiger partial charge in [-0.1, -0.05) is 230 Å². The first kappa shape index (κ1) is 154. The van der Waals surface area contributed by atoms with Crippen LogP contribution in [0.5, 0.6) is 5.75 Å². The molecule has 7 atom stereocenters. The molecule has 0 heterocycles. The van der Waals surface area contributed by atoms with Crippen molar-refractivity contribution in [3.8, 4) is 5.75 Å². The number of halogens is 12. The van der Waals surface area contributed by atoms with Crippen molar-refractivity contribution in [2.75, 3.05) is 6.61 Å². The van der Waals surface area contributed by atoms with Gasteiger partial charge < -0.3 is 43.0 Å². The smallest absolute Gasteiger partial charge is 0.425 e. The summed E-state index contributed by atoms with van der Waals surface area (Å²) in [7, 11) is -0.741. The van der Waals surface area contributed by atoms with Gasteiger partial charge in [0.25, 0.3) is 0 Å². The first-order valence-electron chi connectivity index (χ1n) is 53.0. The summed E-state index contributed by atoms with van der Waals surface area (Å²) in [5.41, 5.74) is -8.48. The van der Waals surface area contributed by atoms with Gasteiger partial charge in [-0.15, -0.1) is 0 Å². The highest BCUT2D eigenvalue weighted by Gasteiger charge is 2.56. The number of unbranched alkanes of at least 4 members (excludes halogenated alkanes) is 1. The quantitative estimate of drug-likeness (QED) is 0.0211. The SMILES string of the molecule is CCC(C)(C(=O)CC(C)(C)C)C(F)(F)F.CCC(C)(C)C(=O)OC(C(C)C)C(C)C.CCC(C)(C)C(=O)OC(C)C.CCC(C)(C)C(=O)OC(C)C(F)(F)F.CCC(C)(C)C(=O)OC(C)C(F)(F)F.CCC(C)(C)C(=O)OC(C)CC(C)(O)C(F)(F)F.CCC(C)(C)C(=O)Oc1ccc(C(C)(C)C)cc1.CCC(C)C[Si](C)(C)C.CCC1(OC(=O)C(C)(C)CC)CCCC1.CCCCC(CC)COC(=O)C(C)(C)CC. The number of carbonyl (C=O) groups is 9. The molecule has 1 N–H and O–H groups in total. The van der Waals surface area contributed by atoms with Gasteiger partial charge in [-0.2, -0.15) is 52.7 Å². The second-order valence-corrected chi connectivity index (χ2v) is 54.5. The summed E-state index contributed by atoms with van der Waals surface area (Å²) in [6.07, 6.45) is -7.15. The van der Waals surface area contributed by atoms with E-state index in [0.717, 1.165) is 84.5 Å². The number of ketones is 1. The van der Waals surface area contributed by atoms with Gasteiger partial charge in [0, 0.05) is 20.9 Å². The van der Waals surface area contributed by atoms with Gasteiger partial charge in [0.05, 0.1) is 56.0 Å². The number of ether oxygens (including phenoxy) is 8. The lowest BCUT2D eigenvalue weighted by Gasteiger charge is -2.32. The average molecular weight is 2120 g/mol. The zero-order chi connectivity index (χ0) is 117. The molecule has 1 aliphatic carbocycles. The number of hydrogen-bond acceptors (Lipinski definition) is 18. The number of aliphatic hydroxyl groups is 1. The molecule has 0 aliphatic heterocycles. The van der Waals surface area contributed by atoms with Crippen LogP contribution in [-0.2, 0) is 81.7 Å². The molecule has 1 aromatic carbocycles. The number of carbonyl (C=O) groups excluding carboxylic acids is 9. The zero-order valence-electron chi connectivity index (χ0n) is 100. The van der Waals surface area contributed by atoms with Crippen molar-refractivity contribution in [3.05, 3.63) is 29.8 Å². The van der Waals surface area contributed by atoms with Crippen LogP contribution < -0.4 is 4.74 Å². The Bertz CT molecular complexity index is 3730. The first-order valence-corrected chi connectivity index (χ1v) is 56.7. The van der Waals surface area contributed by atoms with E-state index in [1.165, 1.54) is 64.0 Å². The van der Waals surface area contributed by atoms with E-state index in [2.05, 4.69) is 112 Å². The van der Waals surface area contributed by atoms with Gasteiger partial charge in [0.15, 0.2) is 17.8 Å². The van der Waals surface area contributed by atoms with Crippen LogP contribution in [0.2, 0.25) is 25.7 Å². The molecule has 0 amide bonds. The zero-order valence-corrected chi connectivity index (χ0v) is 101. The maximum atomic E-state index is 12.7. The molecular weight excluding hydrogens is 1910 g/mol. The van der Waals surface area contributed by atoms with Crippen molar-refractivity contribution < 1.29 is 139 Å². The number of rotatable bonds is 40. The lowest BCUT2D eigenvalue weighted by Crippen LogP contribution is -2.45. The Morgan fingerprint density at radius 2 is 0.724 bits per heavy atom. The van der Waals surface area contributed by atoms with E-state index in [1.54, 1.807) is 83.1 Å². The second-order valence-electron chi connectivity index (χ2n) is 49.0. The summed E-state index contributed by atoms with van der Waals surface area (Å²) in [5, 5.41) is 9.28. The first-order chi connectivity index (χ1) is 64.7. The molecule has 0 saturated heterocycles. The van der Waals surface area contributed by atoms with Crippen LogP contribution in [0.1, 0.15) is 466 Å². The van der Waals surface area contributed by atoms with Crippen molar-refractivity contribution in [1.29, 1.82) is 0 Å². The Hall–Kier alpha value is -6.01. The van der Waals surface area contributed by atoms with Crippen molar-refractivity contribution in [2.24, 2.45) is 77.8 Å². The number of benzene rings is 1. The van der Waals surface area contributed by atoms with Crippen molar-refractivity contribution in [3.63, 3.8) is 0 Å². The third-order valence-electron chi connectivity index (χ3n) is 27.2. The Morgan fingerprint density at radius 3 is 0.986 bits per heavy atom. The largest absolute Gasteiger partial charge is 0.465 e. The summed E-state index contributed by atoms with van der Waals surface area (Å²) in [6.45, 7) is 93.1. The van der Waals surface area contributed by atoms with E-state index in [-0.39, 0.29) is 87.6 Å². The summed E-state index contributed by atoms with van der Waals surface area (Å²) >= 11 is 0. The van der Waals surface area contributed by atoms with Gasteiger partial charge in [-0.3, -0.25) is 43.2 Å². The molecule has 0 spiro atoms. The highest BCUT2D eigenvalue weighted by molar-refractivity contribution is 6.76. The van der Waals surface area contributed by atoms with E-state index < -0.39 is 119 Å².